The van der Waals surface area contributed by atoms with Crippen molar-refractivity contribution in [2.24, 2.45) is 0 Å². The topological polar surface area (TPSA) is 24.9 Å². The fourth-order valence-corrected chi connectivity index (χ4v) is 3.29. The highest BCUT2D eigenvalue weighted by atomic mass is 32.2. The monoisotopic (exact) mass is 200 g/mol. The van der Waals surface area contributed by atoms with Crippen LogP contribution in [0.1, 0.15) is 24.4 Å². The van der Waals surface area contributed by atoms with Gasteiger partial charge in [-0.1, -0.05) is 0 Å². The lowest BCUT2D eigenvalue weighted by Gasteiger charge is -2.26. The van der Waals surface area contributed by atoms with E-state index in [9.17, 15) is 0 Å². The molecule has 1 aliphatic heterocycles. The first-order valence-electron chi connectivity index (χ1n) is 4.12. The van der Waals surface area contributed by atoms with Gasteiger partial charge in [0, 0.05) is 11.4 Å². The molecule has 12 heavy (non-hydrogen) atoms. The van der Waals surface area contributed by atoms with Gasteiger partial charge in [0.25, 0.3) is 0 Å². The summed E-state index contributed by atoms with van der Waals surface area (Å²) in [7, 11) is 0. The summed E-state index contributed by atoms with van der Waals surface area (Å²) in [4.78, 5) is 4.31. The van der Waals surface area contributed by atoms with E-state index in [1.165, 1.54) is 17.9 Å². The Labute approximate surface area is 80.8 Å². The Morgan fingerprint density at radius 2 is 2.58 bits per heavy atom. The molecule has 1 fully saturated rings. The summed E-state index contributed by atoms with van der Waals surface area (Å²) >= 11 is 3.63. The summed E-state index contributed by atoms with van der Waals surface area (Å²) in [6.07, 6.45) is 1.27. The molecular formula is C8H12N2S2. The summed E-state index contributed by atoms with van der Waals surface area (Å²) < 4.78 is 0. The fraction of sp³-hybridized carbons (Fsp3) is 0.625. The van der Waals surface area contributed by atoms with E-state index >= 15 is 0 Å². The number of hydrogen-bond acceptors (Lipinski definition) is 4. The molecule has 1 aromatic rings. The molecule has 1 aliphatic rings. The number of aromatic nitrogens is 1. The zero-order chi connectivity index (χ0) is 8.39. The molecule has 1 aromatic heterocycles. The van der Waals surface area contributed by atoms with E-state index in [-0.39, 0.29) is 0 Å². The Hall–Kier alpha value is -0.0600. The van der Waals surface area contributed by atoms with Crippen molar-refractivity contribution < 1.29 is 0 Å². The Balaban J connectivity index is 2.04. The van der Waals surface area contributed by atoms with Gasteiger partial charge in [0.1, 0.15) is 0 Å². The van der Waals surface area contributed by atoms with Crippen LogP contribution in [0.2, 0.25) is 0 Å². The third-order valence-corrected chi connectivity index (χ3v) is 3.78. The maximum atomic E-state index is 4.31. The van der Waals surface area contributed by atoms with Crippen LogP contribution in [-0.4, -0.2) is 16.8 Å². The minimum absolute atomic E-state index is 0.431. The lowest BCUT2D eigenvalue weighted by Crippen LogP contribution is -2.33. The summed E-state index contributed by atoms with van der Waals surface area (Å²) in [6, 6.07) is 0.637. The lowest BCUT2D eigenvalue weighted by molar-refractivity contribution is 0.507. The average molecular weight is 200 g/mol. The number of nitrogens with one attached hydrogen (secondary N) is 1. The predicted molar refractivity (Wildman–Crippen MR) is 54.5 cm³/mol. The van der Waals surface area contributed by atoms with Gasteiger partial charge in [-0.25, -0.2) is 4.98 Å². The standard InChI is InChI=1S/C8H12N2S2/c1-6-2-3-12-8(10-6)7-4-11-5-9-7/h4-6,8,10H,2-3H2,1H3. The van der Waals surface area contributed by atoms with Crippen LogP contribution in [0.5, 0.6) is 0 Å². The van der Waals surface area contributed by atoms with Gasteiger partial charge in [0.15, 0.2) is 0 Å². The number of rotatable bonds is 1. The number of nitrogens with zero attached hydrogens (tertiary/aromatic N) is 1. The van der Waals surface area contributed by atoms with Crippen molar-refractivity contribution in [3.63, 3.8) is 0 Å². The van der Waals surface area contributed by atoms with Crippen molar-refractivity contribution in [2.75, 3.05) is 5.75 Å². The average Bonchev–Trinajstić information content (AvgIpc) is 2.56. The van der Waals surface area contributed by atoms with Crippen LogP contribution in [-0.2, 0) is 0 Å². The van der Waals surface area contributed by atoms with Gasteiger partial charge in [0.05, 0.1) is 16.6 Å². The molecule has 2 atom stereocenters. The molecule has 66 valence electrons. The van der Waals surface area contributed by atoms with Crippen molar-refractivity contribution in [1.29, 1.82) is 0 Å². The molecule has 0 saturated carbocycles. The van der Waals surface area contributed by atoms with Gasteiger partial charge < -0.3 is 0 Å². The van der Waals surface area contributed by atoms with Crippen molar-refractivity contribution >= 4 is 23.1 Å². The van der Waals surface area contributed by atoms with Crippen LogP contribution in [0.15, 0.2) is 10.9 Å². The smallest absolute Gasteiger partial charge is 0.0972 e. The summed E-state index contributed by atoms with van der Waals surface area (Å²) in [5, 5.41) is 6.08. The molecule has 0 aliphatic carbocycles. The second kappa shape index (κ2) is 3.77. The van der Waals surface area contributed by atoms with E-state index in [4.69, 9.17) is 0 Å². The van der Waals surface area contributed by atoms with E-state index in [2.05, 4.69) is 22.6 Å². The molecule has 2 unspecified atom stereocenters. The first-order valence-corrected chi connectivity index (χ1v) is 6.11. The minimum atomic E-state index is 0.431. The third-order valence-electron chi connectivity index (χ3n) is 1.99. The van der Waals surface area contributed by atoms with Crippen molar-refractivity contribution in [3.8, 4) is 0 Å². The second-order valence-electron chi connectivity index (χ2n) is 3.02. The Kier molecular flexibility index (Phi) is 2.68. The van der Waals surface area contributed by atoms with Crippen LogP contribution < -0.4 is 5.32 Å². The van der Waals surface area contributed by atoms with E-state index in [1.807, 2.05) is 17.3 Å². The number of thioether (sulfide) groups is 1. The summed E-state index contributed by atoms with van der Waals surface area (Å²) in [5.41, 5.74) is 3.09. The summed E-state index contributed by atoms with van der Waals surface area (Å²) in [5.74, 6) is 1.25. The molecule has 0 aromatic carbocycles. The molecule has 0 spiro atoms. The molecule has 2 rings (SSSR count). The van der Waals surface area contributed by atoms with Crippen molar-refractivity contribution in [2.45, 2.75) is 24.8 Å². The molecule has 2 nitrogen and oxygen atoms in total. The SMILES string of the molecule is CC1CCSC(c2cscn2)N1. The highest BCUT2D eigenvalue weighted by Crippen LogP contribution is 2.30. The fourth-order valence-electron chi connectivity index (χ4n) is 1.27. The molecule has 0 radical (unpaired) electrons. The van der Waals surface area contributed by atoms with Crippen LogP contribution in [0.25, 0.3) is 0 Å². The van der Waals surface area contributed by atoms with Gasteiger partial charge >= 0.3 is 0 Å². The molecular weight excluding hydrogens is 188 g/mol. The Bertz CT molecular complexity index is 235. The molecule has 0 amide bonds. The summed E-state index contributed by atoms with van der Waals surface area (Å²) in [6.45, 7) is 2.24. The lowest BCUT2D eigenvalue weighted by atomic mass is 10.2. The van der Waals surface area contributed by atoms with Gasteiger partial charge in [-0.2, -0.15) is 0 Å². The van der Waals surface area contributed by atoms with Crippen LogP contribution >= 0.6 is 23.1 Å². The largest absolute Gasteiger partial charge is 0.298 e. The first-order chi connectivity index (χ1) is 5.86. The quantitative estimate of drug-likeness (QED) is 0.752. The molecule has 1 saturated heterocycles. The van der Waals surface area contributed by atoms with E-state index in [0.717, 1.165) is 0 Å². The normalized spacial score (nSPS) is 30.4. The van der Waals surface area contributed by atoms with E-state index in [0.29, 0.717) is 11.4 Å². The maximum absolute atomic E-state index is 4.31. The van der Waals surface area contributed by atoms with E-state index in [1.54, 1.807) is 11.3 Å². The second-order valence-corrected chi connectivity index (χ2v) is 4.95. The van der Waals surface area contributed by atoms with Gasteiger partial charge in [-0.3, -0.25) is 5.32 Å². The highest BCUT2D eigenvalue weighted by molar-refractivity contribution is 7.99. The van der Waals surface area contributed by atoms with Gasteiger partial charge in [-0.05, 0) is 19.1 Å². The van der Waals surface area contributed by atoms with Crippen molar-refractivity contribution in [1.82, 2.24) is 10.3 Å². The van der Waals surface area contributed by atoms with E-state index < -0.39 is 0 Å². The predicted octanol–water partition coefficient (Wildman–Crippen LogP) is 2.26. The highest BCUT2D eigenvalue weighted by Gasteiger charge is 2.20. The number of hydrogen-bond donors (Lipinski definition) is 1. The zero-order valence-electron chi connectivity index (χ0n) is 6.99. The van der Waals surface area contributed by atoms with Gasteiger partial charge in [0.2, 0.25) is 0 Å². The van der Waals surface area contributed by atoms with Gasteiger partial charge in [-0.15, -0.1) is 23.1 Å². The number of thiazole rings is 1. The molecule has 4 heteroatoms. The van der Waals surface area contributed by atoms with Crippen molar-refractivity contribution in [3.05, 3.63) is 16.6 Å². The molecule has 0 bridgehead atoms. The third kappa shape index (κ3) is 1.81. The molecule has 2 heterocycles. The minimum Gasteiger partial charge on any atom is -0.298 e. The van der Waals surface area contributed by atoms with Crippen LogP contribution in [0, 0.1) is 0 Å². The van der Waals surface area contributed by atoms with Crippen LogP contribution in [0.3, 0.4) is 0 Å². The molecule has 1 N–H and O–H groups in total. The maximum Gasteiger partial charge on any atom is 0.0972 e. The Morgan fingerprint density at radius 3 is 3.25 bits per heavy atom. The first kappa shape index (κ1) is 8.53. The van der Waals surface area contributed by atoms with Crippen LogP contribution in [0.4, 0.5) is 0 Å². The zero-order valence-corrected chi connectivity index (χ0v) is 8.62. The Morgan fingerprint density at radius 1 is 1.67 bits per heavy atom.